The average molecular weight is 304 g/mol. The molecule has 2 nitrogen and oxygen atoms in total. The quantitative estimate of drug-likeness (QED) is 0.755. The third-order valence-electron chi connectivity index (χ3n) is 7.57. The summed E-state index contributed by atoms with van der Waals surface area (Å²) in [5, 5.41) is 20.5. The molecule has 124 valence electrons. The van der Waals surface area contributed by atoms with Crippen molar-refractivity contribution in [1.29, 1.82) is 0 Å². The van der Waals surface area contributed by atoms with Gasteiger partial charge >= 0.3 is 0 Å². The summed E-state index contributed by atoms with van der Waals surface area (Å²) in [7, 11) is 0. The zero-order chi connectivity index (χ0) is 16.2. The Morgan fingerprint density at radius 2 is 1.95 bits per heavy atom. The van der Waals surface area contributed by atoms with Gasteiger partial charge in [0.25, 0.3) is 0 Å². The minimum absolute atomic E-state index is 0.102. The molecule has 3 rings (SSSR count). The van der Waals surface area contributed by atoms with E-state index in [2.05, 4.69) is 39.5 Å². The predicted octanol–water partition coefficient (Wildman–Crippen LogP) is 4.08. The molecule has 22 heavy (non-hydrogen) atoms. The lowest BCUT2D eigenvalue weighted by atomic mass is 9.44. The fourth-order valence-electron chi connectivity index (χ4n) is 5.94. The Morgan fingerprint density at radius 3 is 2.59 bits per heavy atom. The van der Waals surface area contributed by atoms with Crippen LogP contribution in [0.15, 0.2) is 24.3 Å². The van der Waals surface area contributed by atoms with Crippen molar-refractivity contribution in [1.82, 2.24) is 0 Å². The molecule has 0 radical (unpaired) electrons. The predicted molar refractivity (Wildman–Crippen MR) is 90.4 cm³/mol. The fraction of sp³-hybridized carbons (Fsp3) is 0.800. The van der Waals surface area contributed by atoms with Crippen molar-refractivity contribution in [2.24, 2.45) is 28.1 Å². The molecular formula is C20H32O2. The number of allylic oxidation sites excluding steroid dienone is 3. The Labute approximate surface area is 135 Å². The molecule has 0 saturated heterocycles. The van der Waals surface area contributed by atoms with Gasteiger partial charge in [0.15, 0.2) is 0 Å². The number of aliphatic hydroxyl groups excluding tert-OH is 2. The summed E-state index contributed by atoms with van der Waals surface area (Å²) in [4.78, 5) is 0. The molecule has 0 aromatic carbocycles. The fourth-order valence-corrected chi connectivity index (χ4v) is 5.94. The molecule has 2 heteroatoms. The lowest BCUT2D eigenvalue weighted by Crippen LogP contribution is -2.58. The second-order valence-electron chi connectivity index (χ2n) is 8.84. The van der Waals surface area contributed by atoms with Gasteiger partial charge in [-0.25, -0.2) is 0 Å². The third-order valence-corrected chi connectivity index (χ3v) is 7.57. The molecule has 2 fully saturated rings. The van der Waals surface area contributed by atoms with E-state index in [0.717, 1.165) is 25.7 Å². The van der Waals surface area contributed by atoms with Gasteiger partial charge in [-0.05, 0) is 55.8 Å². The van der Waals surface area contributed by atoms with Gasteiger partial charge in [0.05, 0.1) is 12.7 Å². The van der Waals surface area contributed by atoms with Crippen molar-refractivity contribution < 1.29 is 10.2 Å². The van der Waals surface area contributed by atoms with Gasteiger partial charge in [0.2, 0.25) is 0 Å². The molecule has 2 N–H and O–H groups in total. The third kappa shape index (κ3) is 2.14. The second-order valence-corrected chi connectivity index (χ2v) is 8.84. The monoisotopic (exact) mass is 304 g/mol. The summed E-state index contributed by atoms with van der Waals surface area (Å²) in [6.45, 7) is 10.9. The maximum absolute atomic E-state index is 10.5. The van der Waals surface area contributed by atoms with Crippen LogP contribution in [0.2, 0.25) is 0 Å². The Balaban J connectivity index is 1.98. The number of hydrogen-bond donors (Lipinski definition) is 2. The van der Waals surface area contributed by atoms with E-state index in [9.17, 15) is 10.2 Å². The first kappa shape index (κ1) is 16.3. The second kappa shape index (κ2) is 5.21. The molecule has 0 heterocycles. The van der Waals surface area contributed by atoms with Crippen LogP contribution in [0.4, 0.5) is 0 Å². The molecule has 0 amide bonds. The molecule has 0 aromatic rings. The zero-order valence-corrected chi connectivity index (χ0v) is 14.4. The van der Waals surface area contributed by atoms with Crippen LogP contribution in [0.3, 0.4) is 0 Å². The van der Waals surface area contributed by atoms with Crippen LogP contribution in [0.1, 0.15) is 59.3 Å². The van der Waals surface area contributed by atoms with Crippen LogP contribution in [0.5, 0.6) is 0 Å². The summed E-state index contributed by atoms with van der Waals surface area (Å²) in [6.07, 6.45) is 10.8. The minimum atomic E-state index is -0.358. The Hall–Kier alpha value is -0.600. The van der Waals surface area contributed by atoms with E-state index in [1.165, 1.54) is 12.8 Å². The van der Waals surface area contributed by atoms with Gasteiger partial charge in [-0.3, -0.25) is 0 Å². The van der Waals surface area contributed by atoms with E-state index in [-0.39, 0.29) is 29.0 Å². The van der Waals surface area contributed by atoms with Crippen molar-refractivity contribution in [2.75, 3.05) is 6.61 Å². The maximum atomic E-state index is 10.5. The van der Waals surface area contributed by atoms with E-state index in [0.29, 0.717) is 11.8 Å². The molecule has 0 spiro atoms. The smallest absolute Gasteiger partial charge is 0.0618 e. The van der Waals surface area contributed by atoms with Gasteiger partial charge in [-0.2, -0.15) is 0 Å². The van der Waals surface area contributed by atoms with Gasteiger partial charge < -0.3 is 10.2 Å². The van der Waals surface area contributed by atoms with Crippen molar-refractivity contribution in [2.45, 2.75) is 65.4 Å². The standard InChI is InChI=1S/C20H32O2/c1-5-18(2)10-8-15-14(12-18)6-7-16-19(15,3)11-9-17(22)20(16,4)13-21/h5,12,15-17,21-22H,1,6-11,13H2,2-4H3/t15-,16?,17-,18-,19+,20-/m0/s1. The highest BCUT2D eigenvalue weighted by molar-refractivity contribution is 5.27. The van der Waals surface area contributed by atoms with Gasteiger partial charge in [0.1, 0.15) is 0 Å². The highest BCUT2D eigenvalue weighted by Gasteiger charge is 2.58. The summed E-state index contributed by atoms with van der Waals surface area (Å²) in [5.41, 5.74) is 1.66. The molecule has 0 aromatic heterocycles. The summed E-state index contributed by atoms with van der Waals surface area (Å²) >= 11 is 0. The van der Waals surface area contributed by atoms with E-state index in [4.69, 9.17) is 0 Å². The van der Waals surface area contributed by atoms with Crippen molar-refractivity contribution >= 4 is 0 Å². The lowest BCUT2D eigenvalue weighted by Gasteiger charge is -2.61. The van der Waals surface area contributed by atoms with Crippen LogP contribution in [0.25, 0.3) is 0 Å². The van der Waals surface area contributed by atoms with Crippen LogP contribution in [0, 0.1) is 28.1 Å². The molecule has 1 unspecified atom stereocenters. The van der Waals surface area contributed by atoms with Crippen molar-refractivity contribution in [3.05, 3.63) is 24.3 Å². The van der Waals surface area contributed by atoms with Crippen molar-refractivity contribution in [3.8, 4) is 0 Å². The van der Waals surface area contributed by atoms with E-state index < -0.39 is 0 Å². The highest BCUT2D eigenvalue weighted by Crippen LogP contribution is 2.63. The van der Waals surface area contributed by atoms with Gasteiger partial charge in [-0.1, -0.05) is 38.5 Å². The lowest BCUT2D eigenvalue weighted by molar-refractivity contribution is -0.153. The van der Waals surface area contributed by atoms with E-state index >= 15 is 0 Å². The largest absolute Gasteiger partial charge is 0.396 e. The topological polar surface area (TPSA) is 40.5 Å². The number of rotatable bonds is 2. The Kier molecular flexibility index (Phi) is 3.85. The number of hydrogen-bond acceptors (Lipinski definition) is 2. The van der Waals surface area contributed by atoms with Crippen molar-refractivity contribution in [3.63, 3.8) is 0 Å². The van der Waals surface area contributed by atoms with Crippen LogP contribution < -0.4 is 0 Å². The summed E-state index contributed by atoms with van der Waals surface area (Å²) in [5.74, 6) is 1.04. The molecule has 0 aliphatic heterocycles. The first-order valence-corrected chi connectivity index (χ1v) is 8.93. The number of fused-ring (bicyclic) bond motifs is 3. The SMILES string of the molecule is C=C[C@]1(C)C=C2CCC3[C@](C)(CO)[C@@H](O)CC[C@]3(C)[C@H]2CC1. The van der Waals surface area contributed by atoms with Crippen LogP contribution >= 0.6 is 0 Å². The molecule has 3 aliphatic carbocycles. The van der Waals surface area contributed by atoms with Crippen LogP contribution in [-0.4, -0.2) is 22.9 Å². The molecule has 2 saturated carbocycles. The molecule has 0 bridgehead atoms. The van der Waals surface area contributed by atoms with E-state index in [1.54, 1.807) is 5.57 Å². The molecular weight excluding hydrogens is 272 g/mol. The van der Waals surface area contributed by atoms with Gasteiger partial charge in [-0.15, -0.1) is 6.58 Å². The summed E-state index contributed by atoms with van der Waals surface area (Å²) in [6, 6.07) is 0. The van der Waals surface area contributed by atoms with Crippen LogP contribution in [-0.2, 0) is 0 Å². The first-order valence-electron chi connectivity index (χ1n) is 8.93. The Bertz CT molecular complexity index is 496. The maximum Gasteiger partial charge on any atom is 0.0618 e. The average Bonchev–Trinajstić information content (AvgIpc) is 2.51. The highest BCUT2D eigenvalue weighted by atomic mass is 16.3. The summed E-state index contributed by atoms with van der Waals surface area (Å²) < 4.78 is 0. The van der Waals surface area contributed by atoms with Gasteiger partial charge in [0, 0.05) is 10.8 Å². The zero-order valence-electron chi connectivity index (χ0n) is 14.4. The first-order chi connectivity index (χ1) is 10.3. The molecule has 6 atom stereocenters. The minimum Gasteiger partial charge on any atom is -0.396 e. The normalized spacial score (nSPS) is 51.5. The molecule has 3 aliphatic rings. The Morgan fingerprint density at radius 1 is 1.23 bits per heavy atom. The van der Waals surface area contributed by atoms with E-state index in [1.807, 2.05) is 0 Å². The number of aliphatic hydroxyl groups is 2.